The summed E-state index contributed by atoms with van der Waals surface area (Å²) in [6, 6.07) is 5.92. The zero-order valence-corrected chi connectivity index (χ0v) is 13.0. The molecule has 2 rings (SSSR count). The van der Waals surface area contributed by atoms with Gasteiger partial charge in [-0.1, -0.05) is 64.0 Å². The largest absolute Gasteiger partial charge is 0.290 e. The first-order valence-electron chi connectivity index (χ1n) is 8.61. The van der Waals surface area contributed by atoms with Crippen LogP contribution < -0.4 is 0 Å². The molecule has 0 spiro atoms. The van der Waals surface area contributed by atoms with E-state index in [1.165, 1.54) is 75.3 Å². The van der Waals surface area contributed by atoms with Crippen LogP contribution in [0.2, 0.25) is 0 Å². The highest BCUT2D eigenvalue weighted by molar-refractivity contribution is 5.42. The van der Waals surface area contributed by atoms with Gasteiger partial charge in [0.15, 0.2) is 5.75 Å². The molecule has 1 aliphatic rings. The monoisotopic (exact) mass is 273 g/mol. The average Bonchev–Trinajstić information content (AvgIpc) is 2.48. The Morgan fingerprint density at radius 1 is 1.00 bits per heavy atom. The van der Waals surface area contributed by atoms with Crippen LogP contribution in [-0.4, -0.2) is 0 Å². The SMILES string of the molecule is CCCCCCCc1cccc([O])c1C1CCCCC1. The predicted molar refractivity (Wildman–Crippen MR) is 84.9 cm³/mol. The van der Waals surface area contributed by atoms with Gasteiger partial charge in [-0.2, -0.15) is 0 Å². The minimum Gasteiger partial charge on any atom is -0.290 e. The Bertz CT molecular complexity index is 391. The Balaban J connectivity index is 1.98. The van der Waals surface area contributed by atoms with Gasteiger partial charge in [0, 0.05) is 5.56 Å². The summed E-state index contributed by atoms with van der Waals surface area (Å²) in [5.41, 5.74) is 2.52. The third-order valence-corrected chi connectivity index (χ3v) is 4.72. The van der Waals surface area contributed by atoms with Crippen LogP contribution in [0.25, 0.3) is 0 Å². The predicted octanol–water partition coefficient (Wildman–Crippen LogP) is 6.39. The first-order chi connectivity index (χ1) is 9.83. The van der Waals surface area contributed by atoms with Crippen molar-refractivity contribution in [1.82, 2.24) is 0 Å². The molecule has 20 heavy (non-hydrogen) atoms. The van der Waals surface area contributed by atoms with Gasteiger partial charge in [0.25, 0.3) is 0 Å². The number of benzene rings is 1. The number of aryl methyl sites for hydroxylation is 1. The summed E-state index contributed by atoms with van der Waals surface area (Å²) >= 11 is 0. The Morgan fingerprint density at radius 3 is 2.50 bits per heavy atom. The van der Waals surface area contributed by atoms with Crippen LogP contribution in [0, 0.1) is 0 Å². The van der Waals surface area contributed by atoms with Gasteiger partial charge in [-0.05, 0) is 43.2 Å². The zero-order chi connectivity index (χ0) is 14.2. The van der Waals surface area contributed by atoms with Crippen molar-refractivity contribution in [3.63, 3.8) is 0 Å². The van der Waals surface area contributed by atoms with Crippen molar-refractivity contribution in [2.75, 3.05) is 0 Å². The molecule has 0 unspecified atom stereocenters. The lowest BCUT2D eigenvalue weighted by molar-refractivity contribution is 0.336. The highest BCUT2D eigenvalue weighted by Gasteiger charge is 2.21. The highest BCUT2D eigenvalue weighted by Crippen LogP contribution is 2.39. The van der Waals surface area contributed by atoms with Crippen LogP contribution in [-0.2, 0) is 11.5 Å². The van der Waals surface area contributed by atoms with Crippen LogP contribution in [0.3, 0.4) is 0 Å². The first-order valence-corrected chi connectivity index (χ1v) is 8.61. The van der Waals surface area contributed by atoms with Crippen LogP contribution in [0.5, 0.6) is 5.75 Å². The van der Waals surface area contributed by atoms with Crippen LogP contribution in [0.15, 0.2) is 18.2 Å². The third-order valence-electron chi connectivity index (χ3n) is 4.72. The van der Waals surface area contributed by atoms with E-state index < -0.39 is 0 Å². The molecular formula is C19H29O. The van der Waals surface area contributed by atoms with Crippen molar-refractivity contribution >= 4 is 0 Å². The van der Waals surface area contributed by atoms with Gasteiger partial charge < -0.3 is 0 Å². The van der Waals surface area contributed by atoms with E-state index in [0.29, 0.717) is 11.7 Å². The van der Waals surface area contributed by atoms with E-state index in [9.17, 15) is 5.11 Å². The van der Waals surface area contributed by atoms with Gasteiger partial charge in [0.2, 0.25) is 0 Å². The summed E-state index contributed by atoms with van der Waals surface area (Å²) in [5.74, 6) is 0.839. The topological polar surface area (TPSA) is 19.9 Å². The molecule has 1 fully saturated rings. The van der Waals surface area contributed by atoms with Gasteiger partial charge in [-0.3, -0.25) is 5.11 Å². The second-order valence-electron chi connectivity index (χ2n) is 6.33. The molecule has 0 saturated heterocycles. The van der Waals surface area contributed by atoms with E-state index >= 15 is 0 Å². The van der Waals surface area contributed by atoms with E-state index in [4.69, 9.17) is 0 Å². The maximum Gasteiger partial charge on any atom is 0.182 e. The summed E-state index contributed by atoms with van der Waals surface area (Å²) in [6.07, 6.45) is 14.0. The number of rotatable bonds is 7. The molecule has 111 valence electrons. The quantitative estimate of drug-likeness (QED) is 0.513. The lowest BCUT2D eigenvalue weighted by Crippen LogP contribution is -2.07. The molecule has 1 aromatic rings. The summed E-state index contributed by atoms with van der Waals surface area (Å²) in [7, 11) is 0. The lowest BCUT2D eigenvalue weighted by atomic mass is 9.81. The summed E-state index contributed by atoms with van der Waals surface area (Å²) < 4.78 is 0. The van der Waals surface area contributed by atoms with Crippen LogP contribution in [0.4, 0.5) is 0 Å². The van der Waals surface area contributed by atoms with Crippen LogP contribution in [0.1, 0.15) is 88.2 Å². The fourth-order valence-corrected chi connectivity index (χ4v) is 3.58. The smallest absolute Gasteiger partial charge is 0.182 e. The molecule has 1 nitrogen and oxygen atoms in total. The van der Waals surface area contributed by atoms with Crippen LogP contribution >= 0.6 is 0 Å². The average molecular weight is 273 g/mol. The summed E-state index contributed by atoms with van der Waals surface area (Å²) in [5, 5.41) is 12.3. The van der Waals surface area contributed by atoms with E-state index in [2.05, 4.69) is 13.0 Å². The normalized spacial score (nSPS) is 16.4. The second-order valence-corrected chi connectivity index (χ2v) is 6.33. The van der Waals surface area contributed by atoms with Crippen molar-refractivity contribution in [2.45, 2.75) is 83.5 Å². The molecule has 0 N–H and O–H groups in total. The molecule has 1 aromatic carbocycles. The molecule has 0 amide bonds. The van der Waals surface area contributed by atoms with Gasteiger partial charge >= 0.3 is 0 Å². The number of hydrogen-bond acceptors (Lipinski definition) is 0. The Labute approximate surface area is 124 Å². The van der Waals surface area contributed by atoms with E-state index in [1.54, 1.807) is 6.07 Å². The van der Waals surface area contributed by atoms with Gasteiger partial charge in [-0.25, -0.2) is 0 Å². The fraction of sp³-hybridized carbons (Fsp3) is 0.684. The lowest BCUT2D eigenvalue weighted by Gasteiger charge is -2.24. The molecule has 0 heterocycles. The molecule has 0 aromatic heterocycles. The highest BCUT2D eigenvalue weighted by atomic mass is 16.3. The molecule has 0 bridgehead atoms. The van der Waals surface area contributed by atoms with Gasteiger partial charge in [-0.15, -0.1) is 0 Å². The van der Waals surface area contributed by atoms with Crippen molar-refractivity contribution < 1.29 is 5.11 Å². The van der Waals surface area contributed by atoms with Crippen molar-refractivity contribution in [1.29, 1.82) is 0 Å². The van der Waals surface area contributed by atoms with E-state index in [1.807, 2.05) is 6.07 Å². The van der Waals surface area contributed by atoms with Gasteiger partial charge in [0.1, 0.15) is 0 Å². The Kier molecular flexibility index (Phi) is 6.42. The molecule has 1 saturated carbocycles. The minimum absolute atomic E-state index is 0.294. The van der Waals surface area contributed by atoms with Crippen molar-refractivity contribution in [3.8, 4) is 5.75 Å². The summed E-state index contributed by atoms with van der Waals surface area (Å²) in [6.45, 7) is 2.25. The standard InChI is InChI=1S/C19H29O/c1-2-3-4-5-7-11-17-14-10-15-18(20)19(17)16-12-8-6-9-13-16/h10,14-16H,2-9,11-13H2,1H3. The molecule has 1 radical (unpaired) electrons. The molecular weight excluding hydrogens is 244 g/mol. The Morgan fingerprint density at radius 2 is 1.75 bits per heavy atom. The van der Waals surface area contributed by atoms with E-state index in [-0.39, 0.29) is 0 Å². The molecule has 1 aliphatic carbocycles. The number of hydrogen-bond donors (Lipinski definition) is 0. The maximum absolute atomic E-state index is 12.3. The van der Waals surface area contributed by atoms with E-state index in [0.717, 1.165) is 6.42 Å². The fourth-order valence-electron chi connectivity index (χ4n) is 3.58. The molecule has 1 heteroatoms. The molecule has 0 atom stereocenters. The zero-order valence-electron chi connectivity index (χ0n) is 13.0. The molecule has 0 aliphatic heterocycles. The summed E-state index contributed by atoms with van der Waals surface area (Å²) in [4.78, 5) is 0. The third kappa shape index (κ3) is 4.26. The second kappa shape index (κ2) is 8.34. The maximum atomic E-state index is 12.3. The van der Waals surface area contributed by atoms with Gasteiger partial charge in [0.05, 0.1) is 0 Å². The Hall–Kier alpha value is -0.980. The first kappa shape index (κ1) is 15.4. The van der Waals surface area contributed by atoms with Crippen molar-refractivity contribution in [2.24, 2.45) is 0 Å². The van der Waals surface area contributed by atoms with Crippen molar-refractivity contribution in [3.05, 3.63) is 29.3 Å². The number of unbranched alkanes of at least 4 members (excludes halogenated alkanes) is 4. The minimum atomic E-state index is 0.294.